The maximum absolute atomic E-state index is 14.5. The molecule has 1 atom stereocenters. The summed E-state index contributed by atoms with van der Waals surface area (Å²) in [6, 6.07) is 7.11. The lowest BCUT2D eigenvalue weighted by atomic mass is 9.80. The van der Waals surface area contributed by atoms with Crippen LogP contribution in [0.2, 0.25) is 0 Å². The van der Waals surface area contributed by atoms with E-state index in [1.165, 1.54) is 37.5 Å². The van der Waals surface area contributed by atoms with Crippen molar-refractivity contribution in [3.8, 4) is 11.1 Å². The van der Waals surface area contributed by atoms with Crippen LogP contribution in [0.4, 0.5) is 13.2 Å². The van der Waals surface area contributed by atoms with Gasteiger partial charge in [-0.1, -0.05) is 38.3 Å². The molecule has 0 heterocycles. The first-order valence-corrected chi connectivity index (χ1v) is 8.35. The minimum atomic E-state index is -0.983. The smallest absolute Gasteiger partial charge is 0.166 e. The van der Waals surface area contributed by atoms with Gasteiger partial charge >= 0.3 is 0 Å². The average molecular weight is 318 g/mol. The Morgan fingerprint density at radius 3 is 2.61 bits per heavy atom. The van der Waals surface area contributed by atoms with Crippen LogP contribution in [0, 0.1) is 23.4 Å². The Balaban J connectivity index is 1.93. The molecule has 0 fully saturated rings. The molecule has 3 heteroatoms. The van der Waals surface area contributed by atoms with Crippen molar-refractivity contribution >= 4 is 0 Å². The zero-order chi connectivity index (χ0) is 16.4. The molecule has 0 aliphatic heterocycles. The highest BCUT2D eigenvalue weighted by atomic mass is 19.2. The third-order valence-corrected chi connectivity index (χ3v) is 4.83. The summed E-state index contributed by atoms with van der Waals surface area (Å²) in [4.78, 5) is 0. The summed E-state index contributed by atoms with van der Waals surface area (Å²) >= 11 is 0. The van der Waals surface area contributed by atoms with Gasteiger partial charge in [-0.25, -0.2) is 13.2 Å². The fourth-order valence-corrected chi connectivity index (χ4v) is 3.51. The van der Waals surface area contributed by atoms with Crippen LogP contribution in [0.5, 0.6) is 0 Å². The molecule has 0 saturated carbocycles. The van der Waals surface area contributed by atoms with E-state index in [1.807, 2.05) is 0 Å². The first kappa shape index (κ1) is 16.1. The van der Waals surface area contributed by atoms with Gasteiger partial charge < -0.3 is 0 Å². The molecule has 0 aromatic heterocycles. The van der Waals surface area contributed by atoms with Crippen LogP contribution in [0.15, 0.2) is 30.3 Å². The number of unbranched alkanes of at least 4 members (excludes halogenated alkanes) is 1. The first-order chi connectivity index (χ1) is 11.1. The topological polar surface area (TPSA) is 0 Å². The normalized spacial score (nSPS) is 17.1. The highest BCUT2D eigenvalue weighted by molar-refractivity contribution is 5.66. The fourth-order valence-electron chi connectivity index (χ4n) is 3.51. The van der Waals surface area contributed by atoms with E-state index < -0.39 is 17.5 Å². The zero-order valence-electron chi connectivity index (χ0n) is 13.3. The van der Waals surface area contributed by atoms with E-state index in [0.717, 1.165) is 36.5 Å². The number of rotatable bonds is 4. The van der Waals surface area contributed by atoms with Gasteiger partial charge in [0, 0.05) is 11.1 Å². The Morgan fingerprint density at radius 2 is 1.83 bits per heavy atom. The summed E-state index contributed by atoms with van der Waals surface area (Å²) < 4.78 is 41.8. The van der Waals surface area contributed by atoms with Gasteiger partial charge in [0.15, 0.2) is 11.6 Å². The largest absolute Gasteiger partial charge is 0.206 e. The minimum Gasteiger partial charge on any atom is -0.206 e. The van der Waals surface area contributed by atoms with E-state index in [1.54, 1.807) is 6.07 Å². The van der Waals surface area contributed by atoms with Gasteiger partial charge in [0.25, 0.3) is 0 Å². The number of aryl methyl sites for hydroxylation is 1. The SMILES string of the molecule is CCCCC1CCc2cc(-c3cccc(F)c3F)c(F)cc2C1. The summed E-state index contributed by atoms with van der Waals surface area (Å²) in [5, 5.41) is 0. The summed E-state index contributed by atoms with van der Waals surface area (Å²) in [5.74, 6) is -1.79. The molecule has 1 aliphatic carbocycles. The van der Waals surface area contributed by atoms with Crippen LogP contribution < -0.4 is 0 Å². The lowest BCUT2D eigenvalue weighted by Crippen LogP contribution is -2.15. The third-order valence-electron chi connectivity index (χ3n) is 4.83. The van der Waals surface area contributed by atoms with E-state index in [0.29, 0.717) is 5.92 Å². The molecule has 1 aliphatic rings. The van der Waals surface area contributed by atoms with Crippen molar-refractivity contribution in [1.29, 1.82) is 0 Å². The minimum absolute atomic E-state index is 0.00148. The van der Waals surface area contributed by atoms with Crippen LogP contribution >= 0.6 is 0 Å². The van der Waals surface area contributed by atoms with Gasteiger partial charge in [0.2, 0.25) is 0 Å². The molecule has 1 unspecified atom stereocenters. The molecule has 0 bridgehead atoms. The number of benzene rings is 2. The van der Waals surface area contributed by atoms with Gasteiger partial charge in [0.1, 0.15) is 5.82 Å². The van der Waals surface area contributed by atoms with Gasteiger partial charge in [-0.15, -0.1) is 0 Å². The van der Waals surface area contributed by atoms with Crippen molar-refractivity contribution < 1.29 is 13.2 Å². The highest BCUT2D eigenvalue weighted by Crippen LogP contribution is 2.34. The van der Waals surface area contributed by atoms with Crippen LogP contribution in [-0.4, -0.2) is 0 Å². The van der Waals surface area contributed by atoms with E-state index in [4.69, 9.17) is 0 Å². The van der Waals surface area contributed by atoms with Crippen molar-refractivity contribution in [3.05, 3.63) is 58.9 Å². The summed E-state index contributed by atoms with van der Waals surface area (Å²) in [7, 11) is 0. The highest BCUT2D eigenvalue weighted by Gasteiger charge is 2.22. The van der Waals surface area contributed by atoms with Gasteiger partial charge in [-0.2, -0.15) is 0 Å². The second-order valence-corrected chi connectivity index (χ2v) is 6.45. The first-order valence-electron chi connectivity index (χ1n) is 8.35. The Morgan fingerprint density at radius 1 is 1.00 bits per heavy atom. The number of hydrogen-bond acceptors (Lipinski definition) is 0. The molecule has 3 rings (SSSR count). The molecule has 2 aromatic carbocycles. The van der Waals surface area contributed by atoms with Crippen molar-refractivity contribution in [2.24, 2.45) is 5.92 Å². The predicted molar refractivity (Wildman–Crippen MR) is 86.8 cm³/mol. The van der Waals surface area contributed by atoms with Crippen molar-refractivity contribution in [3.63, 3.8) is 0 Å². The van der Waals surface area contributed by atoms with Gasteiger partial charge in [0.05, 0.1) is 0 Å². The predicted octanol–water partition coefficient (Wildman–Crippen LogP) is 6.07. The average Bonchev–Trinajstić information content (AvgIpc) is 2.55. The molecule has 23 heavy (non-hydrogen) atoms. The lowest BCUT2D eigenvalue weighted by Gasteiger charge is -2.25. The molecule has 0 saturated heterocycles. The van der Waals surface area contributed by atoms with Gasteiger partial charge in [-0.05, 0) is 54.5 Å². The maximum atomic E-state index is 14.5. The van der Waals surface area contributed by atoms with Crippen LogP contribution in [0.25, 0.3) is 11.1 Å². The second-order valence-electron chi connectivity index (χ2n) is 6.45. The zero-order valence-corrected chi connectivity index (χ0v) is 13.3. The second kappa shape index (κ2) is 6.77. The van der Waals surface area contributed by atoms with Crippen LogP contribution in [0.3, 0.4) is 0 Å². The van der Waals surface area contributed by atoms with Crippen molar-refractivity contribution in [2.45, 2.75) is 45.4 Å². The molecule has 0 amide bonds. The third kappa shape index (κ3) is 3.29. The lowest BCUT2D eigenvalue weighted by molar-refractivity contribution is 0.411. The molecule has 0 N–H and O–H groups in total. The Bertz CT molecular complexity index is 706. The summed E-state index contributed by atoms with van der Waals surface area (Å²) in [6.07, 6.45) is 6.41. The molecule has 2 aromatic rings. The monoisotopic (exact) mass is 318 g/mol. The Labute approximate surface area is 135 Å². The molecule has 122 valence electrons. The van der Waals surface area contributed by atoms with Crippen molar-refractivity contribution in [1.82, 2.24) is 0 Å². The van der Waals surface area contributed by atoms with E-state index >= 15 is 0 Å². The number of halogens is 3. The van der Waals surface area contributed by atoms with Gasteiger partial charge in [-0.3, -0.25) is 0 Å². The quantitative estimate of drug-likeness (QED) is 0.642. The Hall–Kier alpha value is -1.77. The van der Waals surface area contributed by atoms with E-state index in [2.05, 4.69) is 6.92 Å². The molecule has 0 radical (unpaired) electrons. The Kier molecular flexibility index (Phi) is 4.74. The van der Waals surface area contributed by atoms with E-state index in [9.17, 15) is 13.2 Å². The maximum Gasteiger partial charge on any atom is 0.166 e. The van der Waals surface area contributed by atoms with Crippen molar-refractivity contribution in [2.75, 3.05) is 0 Å². The fraction of sp³-hybridized carbons (Fsp3) is 0.400. The summed E-state index contributed by atoms with van der Waals surface area (Å²) in [6.45, 7) is 2.18. The standard InChI is InChI=1S/C20H21F3/c1-2-3-5-13-8-9-14-11-17(19(22)12-15(14)10-13)16-6-4-7-18(21)20(16)23/h4,6-7,11-13H,2-3,5,8-10H2,1H3. The molecular weight excluding hydrogens is 297 g/mol. The number of fused-ring (bicyclic) bond motifs is 1. The van der Waals surface area contributed by atoms with Crippen LogP contribution in [-0.2, 0) is 12.8 Å². The molecule has 0 spiro atoms. The molecule has 0 nitrogen and oxygen atoms in total. The summed E-state index contributed by atoms with van der Waals surface area (Å²) in [5.41, 5.74) is 2.25. The molecular formula is C20H21F3. The van der Waals surface area contributed by atoms with E-state index in [-0.39, 0.29) is 11.1 Å². The van der Waals surface area contributed by atoms with Crippen LogP contribution in [0.1, 0.15) is 43.7 Å². The number of hydrogen-bond donors (Lipinski definition) is 0.